The first kappa shape index (κ1) is 19.9. The summed E-state index contributed by atoms with van der Waals surface area (Å²) in [5, 5.41) is 11.0. The maximum Gasteiger partial charge on any atom is 0.254 e. The highest BCUT2D eigenvalue weighted by Gasteiger charge is 2.27. The van der Waals surface area contributed by atoms with Gasteiger partial charge in [-0.05, 0) is 60.8 Å². The minimum Gasteiger partial charge on any atom is -0.348 e. The van der Waals surface area contributed by atoms with Gasteiger partial charge in [-0.1, -0.05) is 18.2 Å². The van der Waals surface area contributed by atoms with E-state index in [1.807, 2.05) is 29.0 Å². The van der Waals surface area contributed by atoms with Gasteiger partial charge in [-0.2, -0.15) is 5.10 Å². The molecule has 0 atom stereocenters. The maximum absolute atomic E-state index is 12.8. The second kappa shape index (κ2) is 7.71. The minimum atomic E-state index is -0.0574. The molecule has 3 aromatic heterocycles. The highest BCUT2D eigenvalue weighted by atomic mass is 16.1. The first-order valence-corrected chi connectivity index (χ1v) is 11.4. The maximum atomic E-state index is 12.8. The van der Waals surface area contributed by atoms with Gasteiger partial charge in [0.2, 0.25) is 0 Å². The number of amides is 1. The lowest BCUT2D eigenvalue weighted by molar-refractivity contribution is 0.0966. The summed E-state index contributed by atoms with van der Waals surface area (Å²) in [6, 6.07) is 12.4. The second-order valence-corrected chi connectivity index (χ2v) is 9.02. The highest BCUT2D eigenvalue weighted by Crippen LogP contribution is 2.36. The SMILES string of the molecule is Cc1ccc2c(-c3ccc(Nc4ccc5c(n4)CCN(C)CC5)c4c3CNC4=O)cnn2c1. The van der Waals surface area contributed by atoms with E-state index in [0.717, 1.165) is 70.9 Å². The van der Waals surface area contributed by atoms with Gasteiger partial charge >= 0.3 is 0 Å². The van der Waals surface area contributed by atoms with Crippen LogP contribution in [0.5, 0.6) is 0 Å². The molecule has 6 rings (SSSR count). The van der Waals surface area contributed by atoms with E-state index in [4.69, 9.17) is 4.98 Å². The third-order valence-electron chi connectivity index (χ3n) is 6.74. The largest absolute Gasteiger partial charge is 0.348 e. The van der Waals surface area contributed by atoms with E-state index in [-0.39, 0.29) is 5.91 Å². The van der Waals surface area contributed by atoms with E-state index in [2.05, 4.69) is 58.9 Å². The van der Waals surface area contributed by atoms with Crippen LogP contribution < -0.4 is 10.6 Å². The van der Waals surface area contributed by atoms with E-state index < -0.39 is 0 Å². The summed E-state index contributed by atoms with van der Waals surface area (Å²) in [6.07, 6.45) is 5.85. The van der Waals surface area contributed by atoms with Crippen molar-refractivity contribution in [3.63, 3.8) is 0 Å². The van der Waals surface area contributed by atoms with Gasteiger partial charge in [-0.15, -0.1) is 0 Å². The van der Waals surface area contributed by atoms with E-state index in [9.17, 15) is 4.79 Å². The van der Waals surface area contributed by atoms with E-state index in [1.165, 1.54) is 5.56 Å². The molecule has 0 radical (unpaired) electrons. The molecule has 4 aromatic rings. The third-order valence-corrected chi connectivity index (χ3v) is 6.74. The zero-order valence-electron chi connectivity index (χ0n) is 18.9. The number of likely N-dealkylation sites (N-methyl/N-ethyl adjacent to an activating group) is 1. The van der Waals surface area contributed by atoms with Crippen LogP contribution in [0.25, 0.3) is 16.6 Å². The molecule has 33 heavy (non-hydrogen) atoms. The van der Waals surface area contributed by atoms with Crippen molar-refractivity contribution >= 4 is 22.9 Å². The van der Waals surface area contributed by atoms with Crippen molar-refractivity contribution in [2.45, 2.75) is 26.3 Å². The van der Waals surface area contributed by atoms with Crippen LogP contribution in [0.3, 0.4) is 0 Å². The van der Waals surface area contributed by atoms with Crippen molar-refractivity contribution in [2.24, 2.45) is 0 Å². The standard InChI is InChI=1S/C26H26N6O/c1-16-3-7-23-19(14-28-32(23)15-16)18-5-6-22(25-20(18)13-27-26(25)33)30-24-8-4-17-9-11-31(2)12-10-21(17)29-24/h3-8,14-15H,9-13H2,1-2H3,(H,27,33)(H,29,30). The summed E-state index contributed by atoms with van der Waals surface area (Å²) in [6.45, 7) is 4.62. The second-order valence-electron chi connectivity index (χ2n) is 9.02. The molecule has 0 bridgehead atoms. The van der Waals surface area contributed by atoms with E-state index >= 15 is 0 Å². The normalized spacial score (nSPS) is 15.8. The fourth-order valence-corrected chi connectivity index (χ4v) is 4.90. The summed E-state index contributed by atoms with van der Waals surface area (Å²) in [5.41, 5.74) is 9.17. The van der Waals surface area contributed by atoms with Crippen LogP contribution in [0, 0.1) is 6.92 Å². The highest BCUT2D eigenvalue weighted by molar-refractivity contribution is 6.06. The van der Waals surface area contributed by atoms with Crippen LogP contribution in [0.1, 0.15) is 32.7 Å². The number of hydrogen-bond donors (Lipinski definition) is 2. The van der Waals surface area contributed by atoms with Crippen molar-refractivity contribution in [3.8, 4) is 11.1 Å². The first-order valence-electron chi connectivity index (χ1n) is 11.4. The number of rotatable bonds is 3. The fourth-order valence-electron chi connectivity index (χ4n) is 4.90. The van der Waals surface area contributed by atoms with Crippen LogP contribution >= 0.6 is 0 Å². The third kappa shape index (κ3) is 3.45. The number of aryl methyl sites for hydroxylation is 1. The number of aromatic nitrogens is 3. The molecule has 0 spiro atoms. The zero-order valence-corrected chi connectivity index (χ0v) is 18.9. The molecule has 0 unspecified atom stereocenters. The van der Waals surface area contributed by atoms with Gasteiger partial charge in [0.1, 0.15) is 5.82 Å². The molecule has 1 aromatic carbocycles. The summed E-state index contributed by atoms with van der Waals surface area (Å²) < 4.78 is 1.89. The Balaban J connectivity index is 1.39. The summed E-state index contributed by atoms with van der Waals surface area (Å²) >= 11 is 0. The predicted molar refractivity (Wildman–Crippen MR) is 129 cm³/mol. The lowest BCUT2D eigenvalue weighted by atomic mass is 9.96. The van der Waals surface area contributed by atoms with Gasteiger partial charge in [-0.3, -0.25) is 4.79 Å². The monoisotopic (exact) mass is 438 g/mol. The number of nitrogens with one attached hydrogen (secondary N) is 2. The average molecular weight is 439 g/mol. The lowest BCUT2D eigenvalue weighted by Gasteiger charge is -2.14. The summed E-state index contributed by atoms with van der Waals surface area (Å²) in [7, 11) is 2.15. The van der Waals surface area contributed by atoms with Crippen molar-refractivity contribution < 1.29 is 4.79 Å². The molecule has 2 N–H and O–H groups in total. The van der Waals surface area contributed by atoms with Crippen LogP contribution in [0.15, 0.2) is 48.8 Å². The Bertz CT molecular complexity index is 1410. The van der Waals surface area contributed by atoms with Crippen LogP contribution in [0.4, 0.5) is 11.5 Å². The molecule has 7 nitrogen and oxygen atoms in total. The quantitative estimate of drug-likeness (QED) is 0.510. The number of hydrogen-bond acceptors (Lipinski definition) is 5. The lowest BCUT2D eigenvalue weighted by Crippen LogP contribution is -2.20. The smallest absolute Gasteiger partial charge is 0.254 e. The number of anilines is 2. The van der Waals surface area contributed by atoms with Gasteiger partial charge in [0.05, 0.1) is 23.0 Å². The van der Waals surface area contributed by atoms with Gasteiger partial charge in [0.25, 0.3) is 5.91 Å². The Hall–Kier alpha value is -3.71. The number of carbonyl (C=O) groups is 1. The van der Waals surface area contributed by atoms with Crippen LogP contribution in [0.2, 0.25) is 0 Å². The van der Waals surface area contributed by atoms with Crippen LogP contribution in [-0.2, 0) is 19.4 Å². The molecule has 166 valence electrons. The molecule has 7 heteroatoms. The Kier molecular flexibility index (Phi) is 4.66. The van der Waals surface area contributed by atoms with Crippen molar-refractivity contribution in [1.82, 2.24) is 24.8 Å². The van der Waals surface area contributed by atoms with E-state index in [1.54, 1.807) is 0 Å². The fraction of sp³-hybridized carbons (Fsp3) is 0.269. The molecule has 5 heterocycles. The van der Waals surface area contributed by atoms with Crippen molar-refractivity contribution in [3.05, 3.63) is 76.7 Å². The van der Waals surface area contributed by atoms with Crippen molar-refractivity contribution in [2.75, 3.05) is 25.5 Å². The molecular weight excluding hydrogens is 412 g/mol. The number of pyridine rings is 2. The van der Waals surface area contributed by atoms with E-state index in [0.29, 0.717) is 12.1 Å². The molecule has 0 aliphatic carbocycles. The first-order chi connectivity index (χ1) is 16.1. The minimum absolute atomic E-state index is 0.0574. The molecule has 1 amide bonds. The number of carbonyl (C=O) groups excluding carboxylic acids is 1. The Morgan fingerprint density at radius 1 is 1.03 bits per heavy atom. The van der Waals surface area contributed by atoms with Crippen LogP contribution in [-0.4, -0.2) is 45.5 Å². The molecular formula is C26H26N6O. The number of benzene rings is 1. The van der Waals surface area contributed by atoms with Gasteiger partial charge in [0, 0.05) is 43.5 Å². The predicted octanol–water partition coefficient (Wildman–Crippen LogP) is 3.72. The molecule has 0 saturated carbocycles. The van der Waals surface area contributed by atoms with Gasteiger partial charge in [0.15, 0.2) is 0 Å². The topological polar surface area (TPSA) is 74.6 Å². The number of nitrogens with zero attached hydrogens (tertiary/aromatic N) is 4. The summed E-state index contributed by atoms with van der Waals surface area (Å²) in [5.74, 6) is 0.720. The van der Waals surface area contributed by atoms with Gasteiger partial charge in [-0.25, -0.2) is 9.50 Å². The Labute approximate surface area is 192 Å². The van der Waals surface area contributed by atoms with Gasteiger partial charge < -0.3 is 15.5 Å². The molecule has 0 saturated heterocycles. The Morgan fingerprint density at radius 3 is 2.82 bits per heavy atom. The molecule has 2 aliphatic rings. The zero-order chi connectivity index (χ0) is 22.5. The van der Waals surface area contributed by atoms with Crippen molar-refractivity contribution in [1.29, 1.82) is 0 Å². The average Bonchev–Trinajstić information content (AvgIpc) is 3.35. The molecule has 2 aliphatic heterocycles. The molecule has 0 fully saturated rings. The Morgan fingerprint density at radius 2 is 1.91 bits per heavy atom. The number of fused-ring (bicyclic) bond motifs is 3. The summed E-state index contributed by atoms with van der Waals surface area (Å²) in [4.78, 5) is 20.1.